The number of hydrogen-bond donors (Lipinski definition) is 3. The highest BCUT2D eigenvalue weighted by Gasteiger charge is 2.64. The lowest BCUT2D eigenvalue weighted by Crippen LogP contribution is -2.58. The van der Waals surface area contributed by atoms with E-state index in [4.69, 9.17) is 11.6 Å². The molecule has 3 aromatic carbocycles. The fraction of sp³-hybridized carbons (Fsp3) is 0.304. The van der Waals surface area contributed by atoms with Gasteiger partial charge in [-0.3, -0.25) is 0 Å². The van der Waals surface area contributed by atoms with E-state index in [-0.39, 0.29) is 11.1 Å². The molecule has 0 spiro atoms. The largest absolute Gasteiger partial charge is 0.505 e. The summed E-state index contributed by atoms with van der Waals surface area (Å²) in [6.07, 6.45) is -5.80. The number of alkyl halides is 3. The number of aromatic hydroxyl groups is 1. The SMILES string of the molecule is CC1(C)CC(O)(C(F)(F)F)C(Nc2cccc3ccccc23)c2cc(Cl)c(F)c(O)c21. The molecule has 3 aromatic rings. The molecule has 0 aromatic heterocycles. The second-order valence-electron chi connectivity index (χ2n) is 8.57. The van der Waals surface area contributed by atoms with Crippen LogP contribution in [0.3, 0.4) is 0 Å². The van der Waals surface area contributed by atoms with E-state index in [2.05, 4.69) is 5.32 Å². The molecule has 1 aliphatic carbocycles. The Kier molecular flexibility index (Phi) is 4.90. The van der Waals surface area contributed by atoms with Gasteiger partial charge in [-0.15, -0.1) is 0 Å². The van der Waals surface area contributed by atoms with E-state index in [0.717, 1.165) is 11.5 Å². The smallest absolute Gasteiger partial charge is 0.419 e. The van der Waals surface area contributed by atoms with Crippen molar-refractivity contribution in [3.8, 4) is 5.75 Å². The summed E-state index contributed by atoms with van der Waals surface area (Å²) in [5.41, 5.74) is -4.34. The van der Waals surface area contributed by atoms with Gasteiger partial charge in [0.15, 0.2) is 17.2 Å². The van der Waals surface area contributed by atoms with Crippen LogP contribution >= 0.6 is 11.6 Å². The van der Waals surface area contributed by atoms with Crippen LogP contribution in [0.4, 0.5) is 23.2 Å². The van der Waals surface area contributed by atoms with Gasteiger partial charge in [-0.05, 0) is 34.9 Å². The molecule has 8 heteroatoms. The Labute approximate surface area is 181 Å². The Morgan fingerprint density at radius 2 is 1.74 bits per heavy atom. The number of phenolic OH excluding ortho intramolecular Hbond substituents is 1. The van der Waals surface area contributed by atoms with Crippen molar-refractivity contribution in [2.24, 2.45) is 0 Å². The average molecular weight is 454 g/mol. The minimum Gasteiger partial charge on any atom is -0.505 e. The number of nitrogens with one attached hydrogen (secondary N) is 1. The molecule has 0 aliphatic heterocycles. The summed E-state index contributed by atoms with van der Waals surface area (Å²) < 4.78 is 57.1. The van der Waals surface area contributed by atoms with Crippen LogP contribution < -0.4 is 5.32 Å². The number of phenols is 1. The van der Waals surface area contributed by atoms with Gasteiger partial charge in [0, 0.05) is 16.6 Å². The van der Waals surface area contributed by atoms with Crippen LogP contribution in [0.15, 0.2) is 48.5 Å². The van der Waals surface area contributed by atoms with Crippen LogP contribution in [0.2, 0.25) is 5.02 Å². The fourth-order valence-corrected chi connectivity index (χ4v) is 4.87. The van der Waals surface area contributed by atoms with Gasteiger partial charge in [0.1, 0.15) is 0 Å². The molecular weight excluding hydrogens is 434 g/mol. The summed E-state index contributed by atoms with van der Waals surface area (Å²) in [5.74, 6) is -1.91. The van der Waals surface area contributed by atoms with E-state index >= 15 is 0 Å². The van der Waals surface area contributed by atoms with Gasteiger partial charge in [0.05, 0.1) is 11.1 Å². The van der Waals surface area contributed by atoms with Crippen LogP contribution in [0.1, 0.15) is 37.4 Å². The van der Waals surface area contributed by atoms with E-state index in [1.165, 1.54) is 13.8 Å². The van der Waals surface area contributed by atoms with Gasteiger partial charge in [-0.25, -0.2) is 4.39 Å². The summed E-state index contributed by atoms with van der Waals surface area (Å²) in [6.45, 7) is 2.84. The number of hydrogen-bond acceptors (Lipinski definition) is 3. The highest BCUT2D eigenvalue weighted by molar-refractivity contribution is 6.31. The maximum absolute atomic E-state index is 14.4. The molecule has 0 saturated heterocycles. The third-order valence-corrected chi connectivity index (χ3v) is 6.26. The molecule has 3 nitrogen and oxygen atoms in total. The molecular formula is C23H20ClF4NO2. The molecule has 0 amide bonds. The normalized spacial score (nSPS) is 22.9. The van der Waals surface area contributed by atoms with E-state index in [9.17, 15) is 27.8 Å². The predicted octanol–water partition coefficient (Wildman–Crippen LogP) is 6.47. The molecule has 4 rings (SSSR count). The van der Waals surface area contributed by atoms with Gasteiger partial charge in [-0.2, -0.15) is 13.2 Å². The van der Waals surface area contributed by atoms with Crippen molar-refractivity contribution in [3.05, 3.63) is 70.5 Å². The third kappa shape index (κ3) is 3.31. The number of benzene rings is 3. The highest BCUT2D eigenvalue weighted by atomic mass is 35.5. The van der Waals surface area contributed by atoms with Gasteiger partial charge < -0.3 is 15.5 Å². The van der Waals surface area contributed by atoms with Gasteiger partial charge in [0.25, 0.3) is 0 Å². The Bertz CT molecular complexity index is 1170. The Morgan fingerprint density at radius 3 is 2.42 bits per heavy atom. The lowest BCUT2D eigenvalue weighted by Gasteiger charge is -2.49. The summed E-state index contributed by atoms with van der Waals surface area (Å²) in [5, 5.41) is 25.2. The molecule has 2 unspecified atom stereocenters. The van der Waals surface area contributed by atoms with Gasteiger partial charge in [0.2, 0.25) is 0 Å². The molecule has 0 bridgehead atoms. The van der Waals surface area contributed by atoms with Gasteiger partial charge >= 0.3 is 6.18 Å². The molecule has 164 valence electrons. The molecule has 31 heavy (non-hydrogen) atoms. The summed E-state index contributed by atoms with van der Waals surface area (Å²) >= 11 is 5.89. The van der Waals surface area contributed by atoms with E-state index in [1.807, 2.05) is 12.1 Å². The maximum Gasteiger partial charge on any atom is 0.419 e. The summed E-state index contributed by atoms with van der Waals surface area (Å²) in [4.78, 5) is 0. The molecule has 0 saturated carbocycles. The van der Waals surface area contributed by atoms with Crippen LogP contribution in [-0.2, 0) is 5.41 Å². The second kappa shape index (κ2) is 7.00. The van der Waals surface area contributed by atoms with Crippen molar-refractivity contribution >= 4 is 28.1 Å². The van der Waals surface area contributed by atoms with E-state index in [1.54, 1.807) is 30.3 Å². The minimum atomic E-state index is -5.01. The van der Waals surface area contributed by atoms with Crippen molar-refractivity contribution in [2.75, 3.05) is 5.32 Å². The van der Waals surface area contributed by atoms with Crippen LogP contribution in [0, 0.1) is 5.82 Å². The van der Waals surface area contributed by atoms with Crippen molar-refractivity contribution in [1.82, 2.24) is 0 Å². The first-order valence-electron chi connectivity index (χ1n) is 9.61. The Morgan fingerprint density at radius 1 is 1.10 bits per heavy atom. The van der Waals surface area contributed by atoms with Crippen LogP contribution in [0.25, 0.3) is 10.8 Å². The summed E-state index contributed by atoms with van der Waals surface area (Å²) in [6, 6.07) is 11.5. The fourth-order valence-electron chi connectivity index (χ4n) is 4.66. The zero-order chi connectivity index (χ0) is 22.8. The van der Waals surface area contributed by atoms with Crippen molar-refractivity contribution in [3.63, 3.8) is 0 Å². The molecule has 0 heterocycles. The number of fused-ring (bicyclic) bond motifs is 2. The van der Waals surface area contributed by atoms with Crippen molar-refractivity contribution in [2.45, 2.75) is 43.5 Å². The first-order chi connectivity index (χ1) is 14.4. The molecule has 1 aliphatic rings. The number of anilines is 1. The van der Waals surface area contributed by atoms with E-state index in [0.29, 0.717) is 11.1 Å². The van der Waals surface area contributed by atoms with Crippen molar-refractivity contribution < 1.29 is 27.8 Å². The molecule has 3 N–H and O–H groups in total. The quantitative estimate of drug-likeness (QED) is 0.390. The highest BCUT2D eigenvalue weighted by Crippen LogP contribution is 2.57. The number of halogens is 5. The number of rotatable bonds is 2. The molecule has 0 radical (unpaired) electrons. The number of aliphatic hydroxyl groups is 1. The third-order valence-electron chi connectivity index (χ3n) is 5.98. The van der Waals surface area contributed by atoms with Crippen LogP contribution in [-0.4, -0.2) is 22.0 Å². The predicted molar refractivity (Wildman–Crippen MR) is 112 cm³/mol. The topological polar surface area (TPSA) is 52.5 Å². The zero-order valence-corrected chi connectivity index (χ0v) is 17.4. The maximum atomic E-state index is 14.4. The monoisotopic (exact) mass is 453 g/mol. The standard InChI is InChI=1S/C23H20ClF4NO2/c1-21(2)11-22(31,23(26,27)28)20(14-10-15(24)18(25)19(30)17(14)21)29-16-9-5-7-12-6-3-4-8-13(12)16/h3-10,20,29-31H,11H2,1-2H3. The first-order valence-corrected chi connectivity index (χ1v) is 9.99. The van der Waals surface area contributed by atoms with Gasteiger partial charge in [-0.1, -0.05) is 61.8 Å². The molecule has 0 fully saturated rings. The van der Waals surface area contributed by atoms with Crippen LogP contribution in [0.5, 0.6) is 5.75 Å². The van der Waals surface area contributed by atoms with E-state index < -0.39 is 46.2 Å². The minimum absolute atomic E-state index is 0.0129. The second-order valence-corrected chi connectivity index (χ2v) is 8.98. The Hall–Kier alpha value is -2.51. The van der Waals surface area contributed by atoms with Crippen molar-refractivity contribution in [1.29, 1.82) is 0 Å². The lowest BCUT2D eigenvalue weighted by molar-refractivity contribution is -0.276. The molecule has 2 atom stereocenters. The summed E-state index contributed by atoms with van der Waals surface area (Å²) in [7, 11) is 0. The lowest BCUT2D eigenvalue weighted by atomic mass is 9.63. The first kappa shape index (κ1) is 21.7. The zero-order valence-electron chi connectivity index (χ0n) is 16.7. The Balaban J connectivity index is 1.99. The average Bonchev–Trinajstić information content (AvgIpc) is 2.67.